The number of halogens is 1. The Morgan fingerprint density at radius 3 is 2.00 bits per heavy atom. The molecule has 0 amide bonds. The number of hydrogen-bond donors (Lipinski definition) is 0. The van der Waals surface area contributed by atoms with Crippen LogP contribution in [0.1, 0.15) is 52.4 Å². The molecule has 0 aliphatic carbocycles. The van der Waals surface area contributed by atoms with Crippen molar-refractivity contribution < 1.29 is 0 Å². The van der Waals surface area contributed by atoms with Crippen LogP contribution >= 0.6 is 11.1 Å². The van der Waals surface area contributed by atoms with Crippen LogP contribution in [0.15, 0.2) is 0 Å². The molecule has 0 bridgehead atoms. The summed E-state index contributed by atoms with van der Waals surface area (Å²) in [5.41, 5.74) is 0. The van der Waals surface area contributed by atoms with Crippen molar-refractivity contribution in [3.63, 3.8) is 0 Å². The van der Waals surface area contributed by atoms with Gasteiger partial charge in [0.05, 0.1) is 0 Å². The topological polar surface area (TPSA) is 0 Å². The molecule has 74 valence electrons. The Morgan fingerprint density at radius 2 is 1.42 bits per heavy atom. The fraction of sp³-hybridized carbons (Fsp3) is 1.00. The van der Waals surface area contributed by atoms with Gasteiger partial charge in [-0.25, -0.2) is 0 Å². The van der Waals surface area contributed by atoms with Crippen molar-refractivity contribution in [3.05, 3.63) is 0 Å². The van der Waals surface area contributed by atoms with Crippen molar-refractivity contribution in [2.45, 2.75) is 64.5 Å². The Morgan fingerprint density at radius 1 is 0.833 bits per heavy atom. The van der Waals surface area contributed by atoms with E-state index >= 15 is 0 Å². The van der Waals surface area contributed by atoms with E-state index in [4.69, 9.17) is 11.1 Å². The fourth-order valence-electron chi connectivity index (χ4n) is 1.36. The van der Waals surface area contributed by atoms with Crippen molar-refractivity contribution in [2.75, 3.05) is 0 Å². The van der Waals surface area contributed by atoms with E-state index in [9.17, 15) is 0 Å². The van der Waals surface area contributed by atoms with E-state index in [1.54, 1.807) is 0 Å². The molecule has 0 nitrogen and oxygen atoms in total. The van der Waals surface area contributed by atoms with Crippen molar-refractivity contribution in [1.82, 2.24) is 0 Å². The Balaban J connectivity index is 3.02. The summed E-state index contributed by atoms with van der Waals surface area (Å²) in [6, 6.07) is 2.71. The van der Waals surface area contributed by atoms with Crippen LogP contribution in [0.2, 0.25) is 12.1 Å². The maximum atomic E-state index is 6.28. The zero-order chi connectivity index (χ0) is 9.23. The highest BCUT2D eigenvalue weighted by Gasteiger charge is 2.04. The normalized spacial score (nSPS) is 13.2. The van der Waals surface area contributed by atoms with Crippen LogP contribution in [-0.4, -0.2) is 8.11 Å². The highest BCUT2D eigenvalue weighted by molar-refractivity contribution is 7.06. The van der Waals surface area contributed by atoms with Gasteiger partial charge in [-0.1, -0.05) is 52.4 Å². The average molecular weight is 207 g/mol. The summed E-state index contributed by atoms with van der Waals surface area (Å²) in [6.07, 6.45) is 8.19. The van der Waals surface area contributed by atoms with Crippen molar-refractivity contribution >= 4 is 19.2 Å². The van der Waals surface area contributed by atoms with Gasteiger partial charge >= 0.3 is 0 Å². The lowest BCUT2D eigenvalue weighted by Crippen LogP contribution is -2.02. The maximum Gasteiger partial charge on any atom is 0.141 e. The molecule has 0 aromatic rings. The Bertz CT molecular complexity index is 85.9. The van der Waals surface area contributed by atoms with Crippen LogP contribution in [0.3, 0.4) is 0 Å². The van der Waals surface area contributed by atoms with Crippen molar-refractivity contribution in [1.29, 1.82) is 0 Å². The number of hydrogen-bond acceptors (Lipinski definition) is 0. The highest BCUT2D eigenvalue weighted by atomic mass is 35.6. The molecule has 0 saturated carbocycles. The van der Waals surface area contributed by atoms with E-state index in [1.165, 1.54) is 50.6 Å². The summed E-state index contributed by atoms with van der Waals surface area (Å²) >= 11 is 6.28. The van der Waals surface area contributed by atoms with E-state index < -0.39 is 8.11 Å². The van der Waals surface area contributed by atoms with E-state index in [-0.39, 0.29) is 0 Å². The van der Waals surface area contributed by atoms with Crippen LogP contribution < -0.4 is 0 Å². The first-order valence-electron chi connectivity index (χ1n) is 5.45. The third kappa shape index (κ3) is 8.60. The maximum absolute atomic E-state index is 6.28. The van der Waals surface area contributed by atoms with Crippen molar-refractivity contribution in [2.24, 2.45) is 0 Å². The molecule has 0 fully saturated rings. The fourth-order valence-corrected chi connectivity index (χ4v) is 4.16. The lowest BCUT2D eigenvalue weighted by Gasteiger charge is -2.05. The van der Waals surface area contributed by atoms with E-state index in [0.717, 1.165) is 0 Å². The molecule has 1 atom stereocenters. The van der Waals surface area contributed by atoms with Gasteiger partial charge in [0.2, 0.25) is 0 Å². The van der Waals surface area contributed by atoms with Gasteiger partial charge < -0.3 is 0 Å². The lowest BCUT2D eigenvalue weighted by atomic mass is 10.2. The first kappa shape index (κ1) is 12.5. The molecule has 2 heteroatoms. The molecule has 0 rings (SSSR count). The smallest absolute Gasteiger partial charge is 0.141 e. The van der Waals surface area contributed by atoms with Gasteiger partial charge in [0.1, 0.15) is 8.11 Å². The number of rotatable bonds is 8. The molecule has 0 aromatic carbocycles. The predicted molar refractivity (Wildman–Crippen MR) is 61.7 cm³/mol. The summed E-state index contributed by atoms with van der Waals surface area (Å²) in [5, 5.41) is 0. The summed E-state index contributed by atoms with van der Waals surface area (Å²) < 4.78 is 0. The van der Waals surface area contributed by atoms with E-state index in [1.807, 2.05) is 0 Å². The van der Waals surface area contributed by atoms with Gasteiger partial charge in [-0.3, -0.25) is 0 Å². The average Bonchev–Trinajstić information content (AvgIpc) is 2.09. The molecule has 0 aliphatic heterocycles. The lowest BCUT2D eigenvalue weighted by molar-refractivity contribution is 0.698. The first-order chi connectivity index (χ1) is 5.81. The van der Waals surface area contributed by atoms with Gasteiger partial charge in [0.25, 0.3) is 0 Å². The minimum absolute atomic E-state index is 0.790. The molecule has 0 spiro atoms. The molecule has 0 aromatic heterocycles. The zero-order valence-electron chi connectivity index (χ0n) is 8.61. The molecule has 0 heterocycles. The molecule has 0 saturated heterocycles. The Kier molecular flexibility index (Phi) is 10.00. The molecular weight excluding hydrogens is 184 g/mol. The standard InChI is InChI=1S/C10H23ClSi/c1-3-5-7-8-10-12(11)9-6-4-2/h12H,3-10H2,1-2H3. The molecule has 1 unspecified atom stereocenters. The van der Waals surface area contributed by atoms with Crippen LogP contribution in [0.5, 0.6) is 0 Å². The summed E-state index contributed by atoms with van der Waals surface area (Å²) in [4.78, 5) is 0. The van der Waals surface area contributed by atoms with Gasteiger partial charge in [-0.2, -0.15) is 11.1 Å². The van der Waals surface area contributed by atoms with Gasteiger partial charge in [0.15, 0.2) is 0 Å². The van der Waals surface area contributed by atoms with Crippen LogP contribution in [0.4, 0.5) is 0 Å². The van der Waals surface area contributed by atoms with E-state index in [2.05, 4.69) is 13.8 Å². The Hall–Kier alpha value is 0.507. The third-order valence-corrected chi connectivity index (χ3v) is 5.62. The highest BCUT2D eigenvalue weighted by Crippen LogP contribution is 2.14. The van der Waals surface area contributed by atoms with Gasteiger partial charge in [0, 0.05) is 0 Å². The van der Waals surface area contributed by atoms with E-state index in [0.29, 0.717) is 0 Å². The molecule has 0 radical (unpaired) electrons. The summed E-state index contributed by atoms with van der Waals surface area (Å²) in [7, 11) is -0.790. The van der Waals surface area contributed by atoms with Crippen molar-refractivity contribution in [3.8, 4) is 0 Å². The predicted octanol–water partition coefficient (Wildman–Crippen LogP) is 4.33. The monoisotopic (exact) mass is 206 g/mol. The molecular formula is C10H23ClSi. The second kappa shape index (κ2) is 9.59. The van der Waals surface area contributed by atoms with Gasteiger partial charge in [-0.05, 0) is 12.1 Å². The molecule has 0 N–H and O–H groups in total. The van der Waals surface area contributed by atoms with Crippen LogP contribution in [0, 0.1) is 0 Å². The second-order valence-electron chi connectivity index (χ2n) is 3.59. The van der Waals surface area contributed by atoms with Gasteiger partial charge in [-0.15, -0.1) is 0 Å². The zero-order valence-corrected chi connectivity index (χ0v) is 10.5. The van der Waals surface area contributed by atoms with Crippen LogP contribution in [-0.2, 0) is 0 Å². The molecule has 0 aliphatic rings. The largest absolute Gasteiger partial charge is 0.172 e. The SMILES string of the molecule is CCCCCC[SiH](Cl)CCCC. The summed E-state index contributed by atoms with van der Waals surface area (Å²) in [5.74, 6) is 0. The Labute approximate surface area is 84.0 Å². The molecule has 12 heavy (non-hydrogen) atoms. The summed E-state index contributed by atoms with van der Waals surface area (Å²) in [6.45, 7) is 4.50. The third-order valence-electron chi connectivity index (χ3n) is 2.24. The minimum Gasteiger partial charge on any atom is -0.172 e. The second-order valence-corrected chi connectivity index (χ2v) is 7.79. The minimum atomic E-state index is -0.790. The number of unbranched alkanes of at least 4 members (excludes halogenated alkanes) is 4. The quantitative estimate of drug-likeness (QED) is 0.315. The first-order valence-corrected chi connectivity index (χ1v) is 8.83. The van der Waals surface area contributed by atoms with Crippen LogP contribution in [0.25, 0.3) is 0 Å².